The monoisotopic (exact) mass is 248 g/mol. The molecule has 0 saturated carbocycles. The fourth-order valence-electron chi connectivity index (χ4n) is 1.78. The maximum absolute atomic E-state index is 8.91. The Labute approximate surface area is 112 Å². The molecule has 1 aromatic heterocycles. The van der Waals surface area contributed by atoms with Crippen molar-refractivity contribution in [2.45, 2.75) is 6.42 Å². The summed E-state index contributed by atoms with van der Waals surface area (Å²) in [5.74, 6) is 0.681. The Bertz CT molecular complexity index is 623. The van der Waals surface area contributed by atoms with E-state index in [9.17, 15) is 0 Å². The fraction of sp³-hybridized carbons (Fsp3) is 0.133. The fourth-order valence-corrected chi connectivity index (χ4v) is 1.78. The predicted molar refractivity (Wildman–Crippen MR) is 72.6 cm³/mol. The Balaban J connectivity index is 2.38. The van der Waals surface area contributed by atoms with Gasteiger partial charge in [0.05, 0.1) is 12.5 Å². The number of para-hydroxylation sites is 1. The van der Waals surface area contributed by atoms with E-state index in [1.165, 1.54) is 0 Å². The van der Waals surface area contributed by atoms with Gasteiger partial charge in [0.15, 0.2) is 0 Å². The average molecular weight is 248 g/mol. The molecule has 0 aliphatic rings. The molecule has 0 amide bonds. The van der Waals surface area contributed by atoms with Crippen LogP contribution in [0.4, 0.5) is 11.5 Å². The Morgan fingerprint density at radius 1 is 1.00 bits per heavy atom. The van der Waals surface area contributed by atoms with Crippen LogP contribution in [-0.4, -0.2) is 11.5 Å². The summed E-state index contributed by atoms with van der Waals surface area (Å²) in [5.41, 5.74) is 1.33. The van der Waals surface area contributed by atoms with Crippen molar-refractivity contribution in [1.29, 1.82) is 10.5 Å². The van der Waals surface area contributed by atoms with Crippen LogP contribution in [0.3, 0.4) is 0 Å². The van der Waals surface area contributed by atoms with Gasteiger partial charge in [0.25, 0.3) is 0 Å². The molecule has 0 spiro atoms. The van der Waals surface area contributed by atoms with E-state index in [1.54, 1.807) is 12.1 Å². The lowest BCUT2D eigenvalue weighted by atomic mass is 10.2. The normalized spacial score (nSPS) is 9.37. The Morgan fingerprint density at radius 3 is 2.47 bits per heavy atom. The molecular weight excluding hydrogens is 236 g/mol. The lowest BCUT2D eigenvalue weighted by Crippen LogP contribution is -2.19. The number of pyridine rings is 1. The summed E-state index contributed by atoms with van der Waals surface area (Å²) in [5, 5.41) is 17.7. The van der Waals surface area contributed by atoms with Gasteiger partial charge in [-0.05, 0) is 24.3 Å². The SMILES string of the molecule is N#CCCN(c1ccccc1)c1cccc(C#N)n1. The Hall–Kier alpha value is -2.85. The van der Waals surface area contributed by atoms with E-state index in [4.69, 9.17) is 10.5 Å². The molecule has 0 saturated heterocycles. The van der Waals surface area contributed by atoms with Crippen LogP contribution in [0, 0.1) is 22.7 Å². The molecular formula is C15H12N4. The molecule has 19 heavy (non-hydrogen) atoms. The molecule has 2 aromatic rings. The van der Waals surface area contributed by atoms with Crippen LogP contribution < -0.4 is 4.90 Å². The van der Waals surface area contributed by atoms with Crippen molar-refractivity contribution in [2.24, 2.45) is 0 Å². The molecule has 0 radical (unpaired) electrons. The van der Waals surface area contributed by atoms with Crippen LogP contribution in [0.15, 0.2) is 48.5 Å². The summed E-state index contributed by atoms with van der Waals surface area (Å²) in [6.45, 7) is 0.544. The van der Waals surface area contributed by atoms with Crippen molar-refractivity contribution in [3.8, 4) is 12.1 Å². The van der Waals surface area contributed by atoms with Gasteiger partial charge in [0.2, 0.25) is 0 Å². The molecule has 2 rings (SSSR count). The maximum Gasteiger partial charge on any atom is 0.142 e. The number of hydrogen-bond acceptors (Lipinski definition) is 4. The van der Waals surface area contributed by atoms with Crippen molar-refractivity contribution in [3.63, 3.8) is 0 Å². The molecule has 1 heterocycles. The van der Waals surface area contributed by atoms with E-state index in [0.717, 1.165) is 5.69 Å². The molecule has 0 aliphatic carbocycles. The van der Waals surface area contributed by atoms with E-state index >= 15 is 0 Å². The van der Waals surface area contributed by atoms with Gasteiger partial charge < -0.3 is 4.90 Å². The second kappa shape index (κ2) is 6.18. The minimum atomic E-state index is 0.371. The summed E-state index contributed by atoms with van der Waals surface area (Å²) >= 11 is 0. The van der Waals surface area contributed by atoms with Crippen molar-refractivity contribution >= 4 is 11.5 Å². The number of aromatic nitrogens is 1. The molecule has 92 valence electrons. The standard InChI is InChI=1S/C15H12N4/c16-10-5-11-19(14-7-2-1-3-8-14)15-9-4-6-13(12-17)18-15/h1-4,6-9H,5,11H2. The number of benzene rings is 1. The number of nitrogens with zero attached hydrogens (tertiary/aromatic N) is 4. The molecule has 0 unspecified atom stereocenters. The third-order valence-electron chi connectivity index (χ3n) is 2.64. The highest BCUT2D eigenvalue weighted by Crippen LogP contribution is 2.23. The quantitative estimate of drug-likeness (QED) is 0.834. The van der Waals surface area contributed by atoms with Gasteiger partial charge in [-0.2, -0.15) is 10.5 Å². The van der Waals surface area contributed by atoms with Gasteiger partial charge in [-0.3, -0.25) is 0 Å². The molecule has 0 N–H and O–H groups in total. The molecule has 0 atom stereocenters. The zero-order valence-corrected chi connectivity index (χ0v) is 10.3. The largest absolute Gasteiger partial charge is 0.325 e. The van der Waals surface area contributed by atoms with Crippen LogP contribution >= 0.6 is 0 Å². The van der Waals surface area contributed by atoms with Crippen molar-refractivity contribution in [3.05, 3.63) is 54.2 Å². The summed E-state index contributed by atoms with van der Waals surface area (Å²) in [7, 11) is 0. The highest BCUT2D eigenvalue weighted by atomic mass is 15.2. The van der Waals surface area contributed by atoms with Crippen LogP contribution in [0.1, 0.15) is 12.1 Å². The van der Waals surface area contributed by atoms with E-state index in [2.05, 4.69) is 11.1 Å². The Morgan fingerprint density at radius 2 is 1.79 bits per heavy atom. The second-order valence-electron chi connectivity index (χ2n) is 3.89. The number of rotatable bonds is 4. The second-order valence-corrected chi connectivity index (χ2v) is 3.89. The first-order valence-corrected chi connectivity index (χ1v) is 5.92. The Kier molecular flexibility index (Phi) is 4.10. The number of anilines is 2. The third-order valence-corrected chi connectivity index (χ3v) is 2.64. The lowest BCUT2D eigenvalue weighted by molar-refractivity contribution is 0.925. The van der Waals surface area contributed by atoms with Crippen LogP contribution in [0.5, 0.6) is 0 Å². The van der Waals surface area contributed by atoms with Crippen molar-refractivity contribution in [2.75, 3.05) is 11.4 Å². The minimum Gasteiger partial charge on any atom is -0.325 e. The van der Waals surface area contributed by atoms with Crippen LogP contribution in [-0.2, 0) is 0 Å². The zero-order valence-electron chi connectivity index (χ0n) is 10.3. The first-order chi connectivity index (χ1) is 9.35. The number of nitriles is 2. The van der Waals surface area contributed by atoms with E-state index in [1.807, 2.05) is 47.4 Å². The van der Waals surface area contributed by atoms with Crippen molar-refractivity contribution in [1.82, 2.24) is 4.98 Å². The van der Waals surface area contributed by atoms with Gasteiger partial charge in [-0.25, -0.2) is 4.98 Å². The highest BCUT2D eigenvalue weighted by Gasteiger charge is 2.10. The first kappa shape index (κ1) is 12.6. The average Bonchev–Trinajstić information content (AvgIpc) is 2.49. The van der Waals surface area contributed by atoms with Gasteiger partial charge in [0.1, 0.15) is 17.6 Å². The molecule has 4 heteroatoms. The van der Waals surface area contributed by atoms with E-state index in [0.29, 0.717) is 24.5 Å². The summed E-state index contributed by atoms with van der Waals surface area (Å²) in [6.07, 6.45) is 0.396. The minimum absolute atomic E-state index is 0.371. The highest BCUT2D eigenvalue weighted by molar-refractivity contribution is 5.60. The predicted octanol–water partition coefficient (Wildman–Crippen LogP) is 3.01. The first-order valence-electron chi connectivity index (χ1n) is 5.92. The van der Waals surface area contributed by atoms with E-state index in [-0.39, 0.29) is 0 Å². The van der Waals surface area contributed by atoms with Crippen LogP contribution in [0.2, 0.25) is 0 Å². The lowest BCUT2D eigenvalue weighted by Gasteiger charge is -2.22. The van der Waals surface area contributed by atoms with Crippen molar-refractivity contribution < 1.29 is 0 Å². The molecule has 4 nitrogen and oxygen atoms in total. The molecule has 1 aromatic carbocycles. The smallest absolute Gasteiger partial charge is 0.142 e. The number of hydrogen-bond donors (Lipinski definition) is 0. The van der Waals surface area contributed by atoms with Crippen LogP contribution in [0.25, 0.3) is 0 Å². The van der Waals surface area contributed by atoms with Gasteiger partial charge in [0, 0.05) is 12.2 Å². The summed E-state index contributed by atoms with van der Waals surface area (Å²) < 4.78 is 0. The zero-order chi connectivity index (χ0) is 13.5. The maximum atomic E-state index is 8.91. The van der Waals surface area contributed by atoms with E-state index < -0.39 is 0 Å². The van der Waals surface area contributed by atoms with Gasteiger partial charge >= 0.3 is 0 Å². The molecule has 0 bridgehead atoms. The summed E-state index contributed by atoms with van der Waals surface area (Å²) in [6, 6.07) is 19.2. The van der Waals surface area contributed by atoms with Gasteiger partial charge in [-0.1, -0.05) is 24.3 Å². The summed E-state index contributed by atoms with van der Waals surface area (Å²) in [4.78, 5) is 6.21. The third kappa shape index (κ3) is 3.08. The molecule has 0 fully saturated rings. The molecule has 0 aliphatic heterocycles. The van der Waals surface area contributed by atoms with Gasteiger partial charge in [-0.15, -0.1) is 0 Å². The topological polar surface area (TPSA) is 63.7 Å².